The summed E-state index contributed by atoms with van der Waals surface area (Å²) in [6, 6.07) is 0. The molecule has 7 heteroatoms. The zero-order valence-corrected chi connectivity index (χ0v) is 12.4. The molecule has 2 heterocycles. The summed E-state index contributed by atoms with van der Waals surface area (Å²) in [6.45, 7) is 2.92. The number of Topliss-reactive ketones (excluding diaryl/α,β-unsaturated/α-hetero) is 1. The smallest absolute Gasteiger partial charge is 0.187 e. The van der Waals surface area contributed by atoms with Crippen LogP contribution in [0.5, 0.6) is 0 Å². The Morgan fingerprint density at radius 2 is 2.00 bits per heavy atom. The van der Waals surface area contributed by atoms with Crippen LogP contribution < -0.4 is 0 Å². The van der Waals surface area contributed by atoms with Gasteiger partial charge >= 0.3 is 0 Å². The average molecular weight is 312 g/mol. The van der Waals surface area contributed by atoms with Gasteiger partial charge < -0.3 is 29.9 Å². The van der Waals surface area contributed by atoms with Crippen LogP contribution in [0.2, 0.25) is 0 Å². The third-order valence-electron chi connectivity index (χ3n) is 6.58. The lowest BCUT2D eigenvalue weighted by Gasteiger charge is -2.58. The quantitative estimate of drug-likeness (QED) is 0.419. The molecule has 1 saturated carbocycles. The van der Waals surface area contributed by atoms with Crippen molar-refractivity contribution in [2.75, 3.05) is 13.2 Å². The number of ketones is 1. The molecule has 0 aromatic heterocycles. The van der Waals surface area contributed by atoms with Crippen molar-refractivity contribution in [3.8, 4) is 0 Å². The lowest BCUT2D eigenvalue weighted by atomic mass is 9.50. The van der Waals surface area contributed by atoms with Crippen molar-refractivity contribution < 1.29 is 34.7 Å². The predicted molar refractivity (Wildman–Crippen MR) is 71.8 cm³/mol. The van der Waals surface area contributed by atoms with Crippen molar-refractivity contribution in [3.05, 3.63) is 11.6 Å². The van der Waals surface area contributed by atoms with E-state index in [0.29, 0.717) is 5.57 Å². The number of carbonyl (C=O) groups excluding carboxylic acids is 1. The van der Waals surface area contributed by atoms with Crippen LogP contribution in [0.25, 0.3) is 0 Å². The predicted octanol–water partition coefficient (Wildman–Crippen LogP) is -1.87. The Balaban J connectivity index is 1.98. The summed E-state index contributed by atoms with van der Waals surface area (Å²) < 4.78 is 11.5. The highest BCUT2D eigenvalue weighted by molar-refractivity contribution is 6.00. The van der Waals surface area contributed by atoms with Crippen LogP contribution in [-0.4, -0.2) is 75.5 Å². The van der Waals surface area contributed by atoms with Gasteiger partial charge in [0.1, 0.15) is 23.9 Å². The summed E-state index contributed by atoms with van der Waals surface area (Å²) in [5.41, 5.74) is -3.28. The van der Waals surface area contributed by atoms with Crippen molar-refractivity contribution in [2.24, 2.45) is 10.8 Å². The van der Waals surface area contributed by atoms with E-state index in [1.165, 1.54) is 0 Å². The summed E-state index contributed by atoms with van der Waals surface area (Å²) >= 11 is 0. The van der Waals surface area contributed by atoms with Gasteiger partial charge in [-0.3, -0.25) is 4.79 Å². The average Bonchev–Trinajstić information content (AvgIpc) is 3.27. The van der Waals surface area contributed by atoms with Gasteiger partial charge in [-0.2, -0.15) is 0 Å². The molecule has 4 rings (SSSR count). The van der Waals surface area contributed by atoms with Gasteiger partial charge in [0.05, 0.1) is 30.8 Å². The molecule has 4 aliphatic rings. The topological polar surface area (TPSA) is 120 Å². The molecular weight excluding hydrogens is 292 g/mol. The number of aliphatic hydroxyl groups is 4. The van der Waals surface area contributed by atoms with Crippen molar-refractivity contribution >= 4 is 5.78 Å². The lowest BCUT2D eigenvalue weighted by molar-refractivity contribution is -0.253. The highest BCUT2D eigenvalue weighted by Crippen LogP contribution is 2.70. The number of aliphatic hydroxyl groups excluding tert-OH is 4. The molecule has 2 aliphatic heterocycles. The number of hydrogen-bond donors (Lipinski definition) is 4. The van der Waals surface area contributed by atoms with Crippen molar-refractivity contribution in [1.82, 2.24) is 0 Å². The molecule has 0 aromatic carbocycles. The summed E-state index contributed by atoms with van der Waals surface area (Å²) in [5.74, 6) is -0.502. The first-order valence-corrected chi connectivity index (χ1v) is 7.45. The van der Waals surface area contributed by atoms with E-state index in [9.17, 15) is 25.2 Å². The molecule has 2 saturated heterocycles. The number of carbonyl (C=O) groups is 1. The molecule has 1 spiro atoms. The Labute approximate surface area is 127 Å². The molecular formula is C15H20O7. The Morgan fingerprint density at radius 1 is 1.36 bits per heavy atom. The maximum atomic E-state index is 12.3. The van der Waals surface area contributed by atoms with Crippen molar-refractivity contribution in [1.29, 1.82) is 0 Å². The SMILES string of the molecule is CC1=C[C@H]2O[C@H]3[C@H](O)[C@@H](O)[C@@](C)([C@@]2(CO)[C@@H](O)C1=O)[C@]31CO1. The van der Waals surface area contributed by atoms with Crippen molar-refractivity contribution in [3.63, 3.8) is 0 Å². The maximum absolute atomic E-state index is 12.3. The van der Waals surface area contributed by atoms with Crippen molar-refractivity contribution in [2.45, 2.75) is 50.0 Å². The van der Waals surface area contributed by atoms with Gasteiger partial charge in [-0.05, 0) is 18.6 Å². The molecule has 0 unspecified atom stereocenters. The fourth-order valence-corrected chi connectivity index (χ4v) is 5.03. The third-order valence-corrected chi connectivity index (χ3v) is 6.58. The van der Waals surface area contributed by atoms with Crippen LogP contribution in [0.3, 0.4) is 0 Å². The molecule has 2 aliphatic carbocycles. The molecule has 22 heavy (non-hydrogen) atoms. The number of fused-ring (bicyclic) bond motifs is 2. The minimum absolute atomic E-state index is 0.250. The van der Waals surface area contributed by atoms with Gasteiger partial charge in [0.25, 0.3) is 0 Å². The summed E-state index contributed by atoms with van der Waals surface area (Å²) in [4.78, 5) is 12.3. The maximum Gasteiger partial charge on any atom is 0.187 e. The molecule has 122 valence electrons. The first kappa shape index (κ1) is 14.7. The van der Waals surface area contributed by atoms with E-state index in [1.54, 1.807) is 19.9 Å². The fourth-order valence-electron chi connectivity index (χ4n) is 5.03. The molecule has 3 fully saturated rings. The Bertz CT molecular complexity index is 582. The fraction of sp³-hybridized carbons (Fsp3) is 0.800. The van der Waals surface area contributed by atoms with Crippen LogP contribution in [0.15, 0.2) is 11.6 Å². The summed E-state index contributed by atoms with van der Waals surface area (Å²) in [6.07, 6.45) is -3.96. The van der Waals surface area contributed by atoms with Gasteiger partial charge in [-0.25, -0.2) is 0 Å². The number of hydrogen-bond acceptors (Lipinski definition) is 7. The largest absolute Gasteiger partial charge is 0.396 e. The van der Waals surface area contributed by atoms with Crippen LogP contribution in [0.4, 0.5) is 0 Å². The molecule has 0 radical (unpaired) electrons. The summed E-state index contributed by atoms with van der Waals surface area (Å²) in [5, 5.41) is 41.8. The monoisotopic (exact) mass is 312 g/mol. The van der Waals surface area contributed by atoms with E-state index >= 15 is 0 Å². The minimum atomic E-state index is -1.53. The number of rotatable bonds is 1. The highest BCUT2D eigenvalue weighted by Gasteiger charge is 2.86. The number of epoxide rings is 1. The minimum Gasteiger partial charge on any atom is -0.396 e. The van der Waals surface area contributed by atoms with Crippen LogP contribution in [-0.2, 0) is 14.3 Å². The molecule has 8 atom stereocenters. The Kier molecular flexibility index (Phi) is 2.67. The van der Waals surface area contributed by atoms with E-state index in [4.69, 9.17) is 9.47 Å². The molecule has 2 bridgehead atoms. The summed E-state index contributed by atoms with van der Waals surface area (Å²) in [7, 11) is 0. The first-order valence-electron chi connectivity index (χ1n) is 7.45. The van der Waals surface area contributed by atoms with Crippen LogP contribution >= 0.6 is 0 Å². The molecule has 7 nitrogen and oxygen atoms in total. The lowest BCUT2D eigenvalue weighted by Crippen LogP contribution is -2.72. The molecule has 0 amide bonds. The van der Waals surface area contributed by atoms with Crippen LogP contribution in [0, 0.1) is 10.8 Å². The van der Waals surface area contributed by atoms with E-state index in [1.807, 2.05) is 0 Å². The zero-order valence-electron chi connectivity index (χ0n) is 12.4. The standard InChI is InChI=1S/C15H20O7/c1-6-3-7-14(4-16,11(20)8(6)17)13(2)10(19)9(18)12(22-7)15(13)5-21-15/h3,7,9-12,16,18-20H,4-5H2,1-2H3/t7-,9-,10-,11+,12+,13+,14-,15+/m1/s1. The van der Waals surface area contributed by atoms with E-state index < -0.39 is 59.3 Å². The highest BCUT2D eigenvalue weighted by atomic mass is 16.6. The van der Waals surface area contributed by atoms with Gasteiger partial charge in [-0.15, -0.1) is 0 Å². The number of ether oxygens (including phenoxy) is 2. The van der Waals surface area contributed by atoms with E-state index in [2.05, 4.69) is 0 Å². The Morgan fingerprint density at radius 3 is 2.55 bits per heavy atom. The van der Waals surface area contributed by atoms with E-state index in [0.717, 1.165) is 0 Å². The van der Waals surface area contributed by atoms with E-state index in [-0.39, 0.29) is 6.61 Å². The van der Waals surface area contributed by atoms with Gasteiger partial charge in [-0.1, -0.05) is 6.92 Å². The van der Waals surface area contributed by atoms with Gasteiger partial charge in [0.2, 0.25) is 0 Å². The second-order valence-corrected chi connectivity index (χ2v) is 7.11. The second-order valence-electron chi connectivity index (χ2n) is 7.11. The van der Waals surface area contributed by atoms with Gasteiger partial charge in [0.15, 0.2) is 5.78 Å². The molecule has 0 aromatic rings. The first-order chi connectivity index (χ1) is 10.3. The zero-order chi connectivity index (χ0) is 16.1. The molecule has 4 N–H and O–H groups in total. The Hall–Kier alpha value is -0.830. The second kappa shape index (κ2) is 3.98. The third kappa shape index (κ3) is 1.18. The normalized spacial score (nSPS) is 59.5. The van der Waals surface area contributed by atoms with Gasteiger partial charge in [0, 0.05) is 5.41 Å². The van der Waals surface area contributed by atoms with Crippen LogP contribution in [0.1, 0.15) is 13.8 Å².